The summed E-state index contributed by atoms with van der Waals surface area (Å²) >= 11 is 5.87. The highest BCUT2D eigenvalue weighted by Gasteiger charge is 2.13. The van der Waals surface area contributed by atoms with Crippen LogP contribution in [0.15, 0.2) is 65.5 Å². The maximum Gasteiger partial charge on any atom is 0.279 e. The zero-order chi connectivity index (χ0) is 20.1. The number of nitrogens with zero attached hydrogens (tertiary/aromatic N) is 2. The number of aromatic nitrogens is 2. The van der Waals surface area contributed by atoms with Crippen LogP contribution < -0.4 is 16.0 Å². The van der Waals surface area contributed by atoms with E-state index >= 15 is 0 Å². The molecule has 0 unspecified atom stereocenters. The van der Waals surface area contributed by atoms with Crippen LogP contribution >= 0.6 is 11.6 Å². The van der Waals surface area contributed by atoms with Crippen molar-refractivity contribution in [3.63, 3.8) is 0 Å². The minimum Gasteiger partial charge on any atom is -0.497 e. The van der Waals surface area contributed by atoms with Gasteiger partial charge in [0, 0.05) is 10.6 Å². The Morgan fingerprint density at radius 1 is 1.18 bits per heavy atom. The molecule has 0 radical (unpaired) electrons. The van der Waals surface area contributed by atoms with Gasteiger partial charge in [-0.15, -0.1) is 0 Å². The Bertz CT molecular complexity index is 1070. The van der Waals surface area contributed by atoms with E-state index in [1.54, 1.807) is 49.6 Å². The molecule has 0 atom stereocenters. The molecule has 6 nitrogen and oxygen atoms in total. The minimum absolute atomic E-state index is 0.110. The van der Waals surface area contributed by atoms with Crippen molar-refractivity contribution in [1.29, 1.82) is 0 Å². The van der Waals surface area contributed by atoms with Gasteiger partial charge in [0.1, 0.15) is 11.3 Å². The summed E-state index contributed by atoms with van der Waals surface area (Å²) in [6, 6.07) is 15.8. The number of halogens is 1. The fourth-order valence-corrected chi connectivity index (χ4v) is 2.73. The van der Waals surface area contributed by atoms with Crippen LogP contribution in [0.5, 0.6) is 5.75 Å². The Balaban J connectivity index is 1.94. The molecule has 142 valence electrons. The Kier molecular flexibility index (Phi) is 5.91. The predicted molar refractivity (Wildman–Crippen MR) is 109 cm³/mol. The smallest absolute Gasteiger partial charge is 0.279 e. The van der Waals surface area contributed by atoms with Gasteiger partial charge in [0.2, 0.25) is 0 Å². The Labute approximate surface area is 166 Å². The fourth-order valence-electron chi connectivity index (χ4n) is 2.61. The lowest BCUT2D eigenvalue weighted by Gasteiger charge is -2.08. The summed E-state index contributed by atoms with van der Waals surface area (Å²) in [6.45, 7) is 0.186. The van der Waals surface area contributed by atoms with Crippen molar-refractivity contribution in [3.8, 4) is 17.0 Å². The molecule has 0 saturated carbocycles. The molecule has 0 aliphatic heterocycles. The Morgan fingerprint density at radius 3 is 2.46 bits per heavy atom. The molecule has 7 heteroatoms. The molecule has 0 fully saturated rings. The highest BCUT2D eigenvalue weighted by Crippen LogP contribution is 2.20. The van der Waals surface area contributed by atoms with Crippen molar-refractivity contribution < 1.29 is 9.53 Å². The van der Waals surface area contributed by atoms with Crippen molar-refractivity contribution in [2.24, 2.45) is 5.73 Å². The number of ether oxygens (including phenoxy) is 1. The normalized spacial score (nSPS) is 10.9. The Morgan fingerprint density at radius 2 is 1.86 bits per heavy atom. The van der Waals surface area contributed by atoms with Gasteiger partial charge in [-0.3, -0.25) is 9.59 Å². The van der Waals surface area contributed by atoms with E-state index in [0.717, 1.165) is 11.1 Å². The third-order valence-electron chi connectivity index (χ3n) is 4.08. The second kappa shape index (κ2) is 8.54. The van der Waals surface area contributed by atoms with Gasteiger partial charge in [0.05, 0.1) is 19.3 Å². The molecular formula is C21H18ClN3O3. The van der Waals surface area contributed by atoms with E-state index in [1.807, 2.05) is 18.2 Å². The molecule has 0 spiro atoms. The first kappa shape index (κ1) is 19.4. The number of nitrogens with two attached hydrogens (primary N) is 1. The topological polar surface area (TPSA) is 87.2 Å². The molecular weight excluding hydrogens is 378 g/mol. The maximum atomic E-state index is 12.5. The van der Waals surface area contributed by atoms with Crippen LogP contribution in [-0.2, 0) is 6.54 Å². The third kappa shape index (κ3) is 4.47. The van der Waals surface area contributed by atoms with Crippen molar-refractivity contribution >= 4 is 23.6 Å². The molecule has 0 saturated heterocycles. The van der Waals surface area contributed by atoms with Gasteiger partial charge in [0.25, 0.3) is 11.5 Å². The van der Waals surface area contributed by atoms with Gasteiger partial charge in [-0.1, -0.05) is 35.9 Å². The van der Waals surface area contributed by atoms with Gasteiger partial charge >= 0.3 is 0 Å². The second-order valence-electron chi connectivity index (χ2n) is 5.98. The van der Waals surface area contributed by atoms with E-state index in [0.29, 0.717) is 16.5 Å². The van der Waals surface area contributed by atoms with Crippen LogP contribution in [0.2, 0.25) is 5.02 Å². The molecule has 0 aliphatic carbocycles. The number of methoxy groups -OCH3 is 1. The lowest BCUT2D eigenvalue weighted by Crippen LogP contribution is -2.31. The number of hydrogen-bond acceptors (Lipinski definition) is 4. The van der Waals surface area contributed by atoms with Gasteiger partial charge < -0.3 is 10.5 Å². The minimum atomic E-state index is -0.794. The molecule has 2 aromatic carbocycles. The van der Waals surface area contributed by atoms with Crippen LogP contribution in [-0.4, -0.2) is 22.8 Å². The highest BCUT2D eigenvalue weighted by molar-refractivity contribution is 6.30. The van der Waals surface area contributed by atoms with E-state index in [-0.39, 0.29) is 12.1 Å². The summed E-state index contributed by atoms with van der Waals surface area (Å²) in [5, 5.41) is 5.02. The number of amides is 1. The van der Waals surface area contributed by atoms with E-state index in [2.05, 4.69) is 5.10 Å². The van der Waals surface area contributed by atoms with Gasteiger partial charge in [-0.2, -0.15) is 5.10 Å². The first-order valence-corrected chi connectivity index (χ1v) is 8.84. The predicted octanol–water partition coefficient (Wildman–Crippen LogP) is 3.38. The Hall–Kier alpha value is -3.38. The number of primary amides is 1. The summed E-state index contributed by atoms with van der Waals surface area (Å²) in [6.07, 6.45) is 3.62. The van der Waals surface area contributed by atoms with Crippen LogP contribution in [0, 0.1) is 0 Å². The number of hydrogen-bond donors (Lipinski definition) is 1. The van der Waals surface area contributed by atoms with E-state index in [1.165, 1.54) is 10.7 Å². The standard InChI is InChI=1S/C21H18ClN3O3/c1-28-17-10-6-15(7-11-17)19-13-18(20(23)26)21(27)25(24-19)12-2-3-14-4-8-16(22)9-5-14/h2-11,13H,12H2,1H3,(H2,23,26). The van der Waals surface area contributed by atoms with Crippen LogP contribution in [0.25, 0.3) is 17.3 Å². The largest absolute Gasteiger partial charge is 0.497 e. The van der Waals surface area contributed by atoms with Crippen LogP contribution in [0.3, 0.4) is 0 Å². The zero-order valence-corrected chi connectivity index (χ0v) is 15.9. The third-order valence-corrected chi connectivity index (χ3v) is 4.34. The first-order chi connectivity index (χ1) is 13.5. The molecule has 28 heavy (non-hydrogen) atoms. The summed E-state index contributed by atoms with van der Waals surface area (Å²) in [5.41, 5.74) is 6.87. The SMILES string of the molecule is COc1ccc(-c2cc(C(N)=O)c(=O)n(CC=Cc3ccc(Cl)cc3)n2)cc1. The van der Waals surface area contributed by atoms with Crippen molar-refractivity contribution in [3.05, 3.63) is 87.2 Å². The molecule has 1 aromatic heterocycles. The van der Waals surface area contributed by atoms with Crippen LogP contribution in [0.4, 0.5) is 0 Å². The van der Waals surface area contributed by atoms with Crippen molar-refractivity contribution in [2.45, 2.75) is 6.54 Å². The van der Waals surface area contributed by atoms with Crippen LogP contribution in [0.1, 0.15) is 15.9 Å². The maximum absolute atomic E-state index is 12.5. The first-order valence-electron chi connectivity index (χ1n) is 8.46. The molecule has 2 N–H and O–H groups in total. The second-order valence-corrected chi connectivity index (χ2v) is 6.41. The fraction of sp³-hybridized carbons (Fsp3) is 0.0952. The van der Waals surface area contributed by atoms with Crippen molar-refractivity contribution in [1.82, 2.24) is 9.78 Å². The lowest BCUT2D eigenvalue weighted by atomic mass is 10.1. The zero-order valence-electron chi connectivity index (χ0n) is 15.1. The number of benzene rings is 2. The number of carbonyl (C=O) groups is 1. The summed E-state index contributed by atoms with van der Waals surface area (Å²) in [7, 11) is 1.58. The quantitative estimate of drug-likeness (QED) is 0.693. The van der Waals surface area contributed by atoms with E-state index < -0.39 is 11.5 Å². The summed E-state index contributed by atoms with van der Waals surface area (Å²) < 4.78 is 6.36. The van der Waals surface area contributed by atoms with Crippen molar-refractivity contribution in [2.75, 3.05) is 7.11 Å². The summed E-state index contributed by atoms with van der Waals surface area (Å²) in [4.78, 5) is 24.2. The van der Waals surface area contributed by atoms with Gasteiger partial charge in [-0.25, -0.2) is 4.68 Å². The highest BCUT2D eigenvalue weighted by atomic mass is 35.5. The van der Waals surface area contributed by atoms with E-state index in [4.69, 9.17) is 22.1 Å². The average molecular weight is 396 g/mol. The molecule has 1 amide bonds. The molecule has 3 rings (SSSR count). The number of carbonyl (C=O) groups excluding carboxylic acids is 1. The van der Waals surface area contributed by atoms with Gasteiger partial charge in [0.15, 0.2) is 0 Å². The molecule has 1 heterocycles. The molecule has 3 aromatic rings. The monoisotopic (exact) mass is 395 g/mol. The van der Waals surface area contributed by atoms with E-state index in [9.17, 15) is 9.59 Å². The molecule has 0 bridgehead atoms. The number of rotatable bonds is 6. The lowest BCUT2D eigenvalue weighted by molar-refractivity contribution is 0.0998. The number of allylic oxidation sites excluding steroid dienone is 1. The molecule has 0 aliphatic rings. The summed E-state index contributed by atoms with van der Waals surface area (Å²) in [5.74, 6) is -0.101. The van der Waals surface area contributed by atoms with Gasteiger partial charge in [-0.05, 0) is 48.0 Å². The average Bonchev–Trinajstić information content (AvgIpc) is 2.70.